The molecule has 1 heterocycles. The summed E-state index contributed by atoms with van der Waals surface area (Å²) < 4.78 is 9.80. The Bertz CT molecular complexity index is 443. The van der Waals surface area contributed by atoms with E-state index in [2.05, 4.69) is 5.16 Å². The summed E-state index contributed by atoms with van der Waals surface area (Å²) in [6, 6.07) is 1.50. The number of aromatic nitrogens is 1. The minimum absolute atomic E-state index is 0.136. The maximum Gasteiger partial charge on any atom is 0.308 e. The molecule has 19 heavy (non-hydrogen) atoms. The van der Waals surface area contributed by atoms with Gasteiger partial charge < -0.3 is 19.3 Å². The molecule has 0 radical (unpaired) electrons. The van der Waals surface area contributed by atoms with Crippen molar-refractivity contribution in [1.82, 2.24) is 10.1 Å². The number of rotatable bonds is 7. The molecule has 0 fully saturated rings. The van der Waals surface area contributed by atoms with Gasteiger partial charge in [0.05, 0.1) is 5.92 Å². The number of nitrogens with zero attached hydrogens (tertiary/aromatic N) is 2. The number of carbonyl (C=O) groups is 2. The number of carboxylic acid groups (broad SMARTS) is 1. The Kier molecular flexibility index (Phi) is 5.50. The lowest BCUT2D eigenvalue weighted by molar-refractivity contribution is -0.141. The lowest BCUT2D eigenvalue weighted by atomic mass is 10.1. The third kappa shape index (κ3) is 4.06. The number of amides is 1. The van der Waals surface area contributed by atoms with E-state index in [1.54, 1.807) is 13.8 Å². The number of hydrogen-bond acceptors (Lipinski definition) is 5. The van der Waals surface area contributed by atoms with E-state index in [-0.39, 0.29) is 24.8 Å². The normalized spacial score (nSPS) is 12.2. The van der Waals surface area contributed by atoms with Gasteiger partial charge in [0, 0.05) is 26.3 Å². The molecule has 1 atom stereocenters. The molecule has 1 rings (SSSR count). The Hall–Kier alpha value is -1.89. The second-order valence-electron chi connectivity index (χ2n) is 4.19. The minimum Gasteiger partial charge on any atom is -0.481 e. The Balaban J connectivity index is 2.74. The number of hydrogen-bond donors (Lipinski definition) is 1. The molecule has 0 aromatic carbocycles. The van der Waals surface area contributed by atoms with E-state index in [1.165, 1.54) is 18.1 Å². The van der Waals surface area contributed by atoms with Gasteiger partial charge in [-0.3, -0.25) is 9.59 Å². The van der Waals surface area contributed by atoms with Crippen molar-refractivity contribution < 1.29 is 24.0 Å². The zero-order valence-corrected chi connectivity index (χ0v) is 11.3. The second-order valence-corrected chi connectivity index (χ2v) is 4.19. The third-order valence-electron chi connectivity index (χ3n) is 2.65. The van der Waals surface area contributed by atoms with Crippen molar-refractivity contribution in [3.05, 3.63) is 17.5 Å². The van der Waals surface area contributed by atoms with E-state index in [9.17, 15) is 9.59 Å². The summed E-state index contributed by atoms with van der Waals surface area (Å²) in [5.74, 6) is -1.46. The molecule has 1 aromatic heterocycles. The summed E-state index contributed by atoms with van der Waals surface area (Å²) in [4.78, 5) is 24.4. The Morgan fingerprint density at radius 1 is 1.58 bits per heavy atom. The minimum atomic E-state index is -0.938. The van der Waals surface area contributed by atoms with Crippen LogP contribution in [0.15, 0.2) is 10.6 Å². The second kappa shape index (κ2) is 6.89. The highest BCUT2D eigenvalue weighted by atomic mass is 16.5. The summed E-state index contributed by atoms with van der Waals surface area (Å²) in [6.07, 6.45) is 0. The zero-order chi connectivity index (χ0) is 14.4. The van der Waals surface area contributed by atoms with Gasteiger partial charge in [-0.1, -0.05) is 12.1 Å². The molecule has 0 aliphatic rings. The SMILES string of the molecule is CCN(CC(C)C(=O)O)C(=O)c1cc(COC)on1. The van der Waals surface area contributed by atoms with Crippen LogP contribution in [0.1, 0.15) is 30.1 Å². The summed E-state index contributed by atoms with van der Waals surface area (Å²) >= 11 is 0. The van der Waals surface area contributed by atoms with Gasteiger partial charge in [-0.2, -0.15) is 0 Å². The summed E-state index contributed by atoms with van der Waals surface area (Å²) in [5, 5.41) is 12.5. The largest absolute Gasteiger partial charge is 0.481 e. The third-order valence-corrected chi connectivity index (χ3v) is 2.65. The highest BCUT2D eigenvalue weighted by molar-refractivity contribution is 5.92. The summed E-state index contributed by atoms with van der Waals surface area (Å²) in [7, 11) is 1.51. The molecule has 1 amide bonds. The van der Waals surface area contributed by atoms with E-state index in [1.807, 2.05) is 0 Å². The molecule has 1 N–H and O–H groups in total. The first kappa shape index (κ1) is 15.2. The van der Waals surface area contributed by atoms with Gasteiger partial charge in [0.2, 0.25) is 0 Å². The van der Waals surface area contributed by atoms with Crippen LogP contribution in [-0.2, 0) is 16.1 Å². The van der Waals surface area contributed by atoms with Gasteiger partial charge in [-0.25, -0.2) is 0 Å². The molecule has 0 bridgehead atoms. The average molecular weight is 270 g/mol. The number of carbonyl (C=O) groups excluding carboxylic acids is 1. The first-order chi connectivity index (χ1) is 8.99. The van der Waals surface area contributed by atoms with E-state index in [4.69, 9.17) is 14.4 Å². The van der Waals surface area contributed by atoms with Crippen molar-refractivity contribution in [3.63, 3.8) is 0 Å². The highest BCUT2D eigenvalue weighted by Gasteiger charge is 2.22. The van der Waals surface area contributed by atoms with Crippen molar-refractivity contribution in [1.29, 1.82) is 0 Å². The maximum atomic E-state index is 12.1. The molecule has 1 unspecified atom stereocenters. The van der Waals surface area contributed by atoms with Crippen molar-refractivity contribution in [2.24, 2.45) is 5.92 Å². The van der Waals surface area contributed by atoms with Crippen LogP contribution in [0.5, 0.6) is 0 Å². The highest BCUT2D eigenvalue weighted by Crippen LogP contribution is 2.10. The number of ether oxygens (including phenoxy) is 1. The van der Waals surface area contributed by atoms with Gasteiger partial charge >= 0.3 is 5.97 Å². The first-order valence-corrected chi connectivity index (χ1v) is 5.96. The van der Waals surface area contributed by atoms with Crippen LogP contribution in [0.2, 0.25) is 0 Å². The Morgan fingerprint density at radius 2 is 2.26 bits per heavy atom. The Morgan fingerprint density at radius 3 is 2.79 bits per heavy atom. The zero-order valence-electron chi connectivity index (χ0n) is 11.3. The fourth-order valence-electron chi connectivity index (χ4n) is 1.55. The maximum absolute atomic E-state index is 12.1. The molecular weight excluding hydrogens is 252 g/mol. The van der Waals surface area contributed by atoms with Crippen LogP contribution in [-0.4, -0.2) is 47.2 Å². The van der Waals surface area contributed by atoms with Crippen LogP contribution >= 0.6 is 0 Å². The fourth-order valence-corrected chi connectivity index (χ4v) is 1.55. The standard InChI is InChI=1S/C12H18N2O5/c1-4-14(6-8(2)12(16)17)11(15)10-5-9(7-18-3)19-13-10/h5,8H,4,6-7H2,1-3H3,(H,16,17). The predicted molar refractivity (Wildman–Crippen MR) is 65.6 cm³/mol. The van der Waals surface area contributed by atoms with Crippen LogP contribution < -0.4 is 0 Å². The molecule has 0 saturated heterocycles. The molecule has 7 nitrogen and oxygen atoms in total. The number of methoxy groups -OCH3 is 1. The van der Waals surface area contributed by atoms with E-state index < -0.39 is 11.9 Å². The smallest absolute Gasteiger partial charge is 0.308 e. The number of aliphatic carboxylic acids is 1. The molecule has 106 valence electrons. The Labute approximate surface area is 111 Å². The molecule has 7 heteroatoms. The van der Waals surface area contributed by atoms with Crippen LogP contribution in [0.25, 0.3) is 0 Å². The predicted octanol–water partition coefficient (Wildman–Crippen LogP) is 1.00. The van der Waals surface area contributed by atoms with Crippen LogP contribution in [0, 0.1) is 5.92 Å². The molecule has 1 aromatic rings. The molecule has 0 aliphatic heterocycles. The molecule has 0 spiro atoms. The van der Waals surface area contributed by atoms with E-state index >= 15 is 0 Å². The van der Waals surface area contributed by atoms with Crippen LogP contribution in [0.4, 0.5) is 0 Å². The van der Waals surface area contributed by atoms with E-state index in [0.717, 1.165) is 0 Å². The number of carboxylic acids is 1. The van der Waals surface area contributed by atoms with Gasteiger partial charge in [0.15, 0.2) is 11.5 Å². The van der Waals surface area contributed by atoms with Crippen molar-refractivity contribution in [2.75, 3.05) is 20.2 Å². The van der Waals surface area contributed by atoms with Gasteiger partial charge in [0.1, 0.15) is 6.61 Å². The quantitative estimate of drug-likeness (QED) is 0.794. The fraction of sp³-hybridized carbons (Fsp3) is 0.583. The van der Waals surface area contributed by atoms with Crippen molar-refractivity contribution in [3.8, 4) is 0 Å². The van der Waals surface area contributed by atoms with Crippen molar-refractivity contribution >= 4 is 11.9 Å². The van der Waals surface area contributed by atoms with Gasteiger partial charge in [-0.15, -0.1) is 0 Å². The topological polar surface area (TPSA) is 92.9 Å². The first-order valence-electron chi connectivity index (χ1n) is 5.96. The lowest BCUT2D eigenvalue weighted by Crippen LogP contribution is -2.36. The molecule has 0 saturated carbocycles. The lowest BCUT2D eigenvalue weighted by Gasteiger charge is -2.21. The summed E-state index contributed by atoms with van der Waals surface area (Å²) in [5.41, 5.74) is 0.159. The van der Waals surface area contributed by atoms with Crippen molar-refractivity contribution in [2.45, 2.75) is 20.5 Å². The average Bonchev–Trinajstić information content (AvgIpc) is 2.83. The monoisotopic (exact) mass is 270 g/mol. The molecular formula is C12H18N2O5. The van der Waals surface area contributed by atoms with E-state index in [0.29, 0.717) is 12.3 Å². The van der Waals surface area contributed by atoms with Gasteiger partial charge in [-0.05, 0) is 6.92 Å². The van der Waals surface area contributed by atoms with Gasteiger partial charge in [0.25, 0.3) is 5.91 Å². The summed E-state index contributed by atoms with van der Waals surface area (Å²) in [6.45, 7) is 4.11. The van der Waals surface area contributed by atoms with Crippen LogP contribution in [0.3, 0.4) is 0 Å². The molecule has 0 aliphatic carbocycles.